The van der Waals surface area contributed by atoms with Crippen molar-refractivity contribution in [2.75, 3.05) is 18.8 Å². The maximum absolute atomic E-state index is 12.3. The molecule has 0 aromatic carbocycles. The van der Waals surface area contributed by atoms with Crippen LogP contribution < -0.4 is 0 Å². The van der Waals surface area contributed by atoms with Crippen LogP contribution in [-0.2, 0) is 29.0 Å². The summed E-state index contributed by atoms with van der Waals surface area (Å²) in [4.78, 5) is 39.1. The van der Waals surface area contributed by atoms with Crippen LogP contribution in [0, 0.1) is 5.92 Å². The SMILES string of the molecule is CCN(CCSC1=C(C(=O)OS(=O)(=O)O)N2C(=O)[C@H]([C@@H](C)O)[C@H]2C1)C(C)=O. The molecule has 0 unspecified atom stereocenters. The highest BCUT2D eigenvalue weighted by Crippen LogP contribution is 2.47. The molecular formula is C15H22N2O8S2. The van der Waals surface area contributed by atoms with Crippen LogP contribution in [0.4, 0.5) is 0 Å². The quantitative estimate of drug-likeness (QED) is 0.400. The molecule has 2 amide bonds. The van der Waals surface area contributed by atoms with Crippen LogP contribution in [0.25, 0.3) is 0 Å². The number of rotatable bonds is 8. The molecular weight excluding hydrogens is 400 g/mol. The van der Waals surface area contributed by atoms with E-state index in [1.165, 1.54) is 25.6 Å². The molecule has 0 aromatic heterocycles. The van der Waals surface area contributed by atoms with Crippen LogP contribution in [0.2, 0.25) is 0 Å². The minimum atomic E-state index is -5.03. The molecule has 10 nitrogen and oxygen atoms in total. The van der Waals surface area contributed by atoms with E-state index in [2.05, 4.69) is 4.18 Å². The van der Waals surface area contributed by atoms with Crippen molar-refractivity contribution in [3.8, 4) is 0 Å². The molecule has 0 bridgehead atoms. The van der Waals surface area contributed by atoms with Gasteiger partial charge in [-0.25, -0.2) is 4.79 Å². The average Bonchev–Trinajstić information content (AvgIpc) is 2.83. The Morgan fingerprint density at radius 3 is 2.56 bits per heavy atom. The van der Waals surface area contributed by atoms with Crippen LogP contribution >= 0.6 is 11.8 Å². The molecule has 27 heavy (non-hydrogen) atoms. The predicted molar refractivity (Wildman–Crippen MR) is 95.5 cm³/mol. The fourth-order valence-corrected chi connectivity index (χ4v) is 4.74. The van der Waals surface area contributed by atoms with Gasteiger partial charge in [0.15, 0.2) is 0 Å². The lowest BCUT2D eigenvalue weighted by molar-refractivity contribution is -0.160. The third kappa shape index (κ3) is 4.62. The lowest BCUT2D eigenvalue weighted by Crippen LogP contribution is -2.61. The second kappa shape index (κ2) is 8.17. The molecule has 12 heteroatoms. The molecule has 2 rings (SSSR count). The van der Waals surface area contributed by atoms with Gasteiger partial charge in [-0.05, 0) is 13.8 Å². The number of β-lactam (4-membered cyclic amide) rings is 1. The zero-order valence-corrected chi connectivity index (χ0v) is 16.7. The largest absolute Gasteiger partial charge is 0.449 e. The number of thioether (sulfide) groups is 1. The summed E-state index contributed by atoms with van der Waals surface area (Å²) in [6.45, 7) is 5.65. The smallest absolute Gasteiger partial charge is 0.393 e. The number of amides is 2. The van der Waals surface area contributed by atoms with E-state index >= 15 is 0 Å². The molecule has 0 spiro atoms. The monoisotopic (exact) mass is 422 g/mol. The van der Waals surface area contributed by atoms with E-state index in [4.69, 9.17) is 4.55 Å². The first-order valence-corrected chi connectivity index (χ1v) is 10.7. The summed E-state index contributed by atoms with van der Waals surface area (Å²) in [6, 6.07) is -0.473. The summed E-state index contributed by atoms with van der Waals surface area (Å²) < 4.78 is 34.6. The minimum absolute atomic E-state index is 0.0994. The second-order valence-corrected chi connectivity index (χ2v) is 8.48. The maximum atomic E-state index is 12.3. The second-order valence-electron chi connectivity index (χ2n) is 6.26. The lowest BCUT2D eigenvalue weighted by atomic mass is 9.83. The molecule has 0 saturated carbocycles. The predicted octanol–water partition coefficient (Wildman–Crippen LogP) is -0.243. The van der Waals surface area contributed by atoms with Crippen molar-refractivity contribution in [2.45, 2.75) is 39.3 Å². The molecule has 1 fully saturated rings. The Labute approximate surface area is 161 Å². The zero-order chi connectivity index (χ0) is 20.5. The van der Waals surface area contributed by atoms with Crippen molar-refractivity contribution in [3.63, 3.8) is 0 Å². The van der Waals surface area contributed by atoms with Crippen molar-refractivity contribution in [1.82, 2.24) is 9.80 Å². The number of aliphatic hydroxyl groups excluding tert-OH is 1. The molecule has 2 aliphatic rings. The van der Waals surface area contributed by atoms with Crippen LogP contribution in [0.15, 0.2) is 10.6 Å². The third-order valence-corrected chi connectivity index (χ3v) is 5.98. The number of hydrogen-bond donors (Lipinski definition) is 2. The zero-order valence-electron chi connectivity index (χ0n) is 15.1. The van der Waals surface area contributed by atoms with E-state index in [9.17, 15) is 27.9 Å². The Morgan fingerprint density at radius 1 is 1.44 bits per heavy atom. The summed E-state index contributed by atoms with van der Waals surface area (Å²) in [6.07, 6.45) is -0.663. The van der Waals surface area contributed by atoms with Gasteiger partial charge < -0.3 is 19.1 Å². The van der Waals surface area contributed by atoms with Gasteiger partial charge >= 0.3 is 16.4 Å². The summed E-state index contributed by atoms with van der Waals surface area (Å²) in [5, 5.41) is 9.76. The van der Waals surface area contributed by atoms with Crippen molar-refractivity contribution >= 4 is 39.9 Å². The van der Waals surface area contributed by atoms with E-state index < -0.39 is 40.3 Å². The van der Waals surface area contributed by atoms with Crippen LogP contribution in [0.1, 0.15) is 27.2 Å². The molecule has 0 aromatic rings. The highest BCUT2D eigenvalue weighted by molar-refractivity contribution is 8.03. The van der Waals surface area contributed by atoms with Gasteiger partial charge in [0.25, 0.3) is 0 Å². The molecule has 0 aliphatic carbocycles. The van der Waals surface area contributed by atoms with Gasteiger partial charge in [0.05, 0.1) is 18.1 Å². The first-order valence-electron chi connectivity index (χ1n) is 8.31. The van der Waals surface area contributed by atoms with Crippen molar-refractivity contribution in [2.24, 2.45) is 5.92 Å². The summed E-state index contributed by atoms with van der Waals surface area (Å²) in [5.74, 6) is -2.23. The Morgan fingerprint density at radius 2 is 2.07 bits per heavy atom. The molecule has 0 radical (unpaired) electrons. The molecule has 2 heterocycles. The highest BCUT2D eigenvalue weighted by Gasteiger charge is 2.57. The van der Waals surface area contributed by atoms with E-state index in [0.29, 0.717) is 23.7 Å². The molecule has 152 valence electrons. The van der Waals surface area contributed by atoms with E-state index in [0.717, 1.165) is 4.90 Å². The summed E-state index contributed by atoms with van der Waals surface area (Å²) in [5.41, 5.74) is -0.240. The topological polar surface area (TPSA) is 142 Å². The fourth-order valence-electron chi connectivity index (χ4n) is 3.30. The fraction of sp³-hybridized carbons (Fsp3) is 0.667. The first-order chi connectivity index (χ1) is 12.5. The summed E-state index contributed by atoms with van der Waals surface area (Å²) in [7, 11) is -5.03. The van der Waals surface area contributed by atoms with Crippen LogP contribution in [0.5, 0.6) is 0 Å². The summed E-state index contributed by atoms with van der Waals surface area (Å²) >= 11 is 1.20. The Hall–Kier alpha value is -1.63. The van der Waals surface area contributed by atoms with Gasteiger partial charge in [-0.1, -0.05) is 0 Å². The number of nitrogens with zero attached hydrogens (tertiary/aromatic N) is 2. The Kier molecular flexibility index (Phi) is 6.55. The number of carbonyl (C=O) groups is 3. The van der Waals surface area contributed by atoms with Gasteiger partial charge in [0.1, 0.15) is 5.70 Å². The first kappa shape index (κ1) is 21.7. The molecule has 2 aliphatic heterocycles. The Balaban J connectivity index is 2.20. The van der Waals surface area contributed by atoms with E-state index in [1.807, 2.05) is 6.92 Å². The Bertz CT molecular complexity index is 777. The third-order valence-electron chi connectivity index (χ3n) is 4.53. The van der Waals surface area contributed by atoms with Gasteiger partial charge in [-0.2, -0.15) is 8.42 Å². The highest BCUT2D eigenvalue weighted by atomic mass is 32.3. The minimum Gasteiger partial charge on any atom is -0.393 e. The molecule has 3 atom stereocenters. The average molecular weight is 422 g/mol. The van der Waals surface area contributed by atoms with Gasteiger partial charge in [-0.15, -0.1) is 11.8 Å². The number of carbonyl (C=O) groups excluding carboxylic acids is 3. The number of hydrogen-bond acceptors (Lipinski definition) is 8. The van der Waals surface area contributed by atoms with Crippen molar-refractivity contribution in [1.29, 1.82) is 0 Å². The van der Waals surface area contributed by atoms with Crippen LogP contribution in [-0.4, -0.2) is 76.6 Å². The van der Waals surface area contributed by atoms with E-state index in [1.54, 1.807) is 4.90 Å². The number of fused-ring (bicyclic) bond motifs is 1. The normalized spacial score (nSPS) is 23.0. The van der Waals surface area contributed by atoms with Gasteiger partial charge in [0.2, 0.25) is 11.8 Å². The van der Waals surface area contributed by atoms with Crippen molar-refractivity contribution in [3.05, 3.63) is 10.6 Å². The number of aliphatic hydroxyl groups is 1. The van der Waals surface area contributed by atoms with E-state index in [-0.39, 0.29) is 18.0 Å². The van der Waals surface area contributed by atoms with Gasteiger partial charge in [-0.3, -0.25) is 14.1 Å². The van der Waals surface area contributed by atoms with Crippen molar-refractivity contribution < 1.29 is 36.6 Å². The standard InChI is InChI=1S/C15H22N2O8S2/c1-4-16(9(3)19)5-6-26-11-7-10-12(8(2)18)14(20)17(10)13(11)15(21)25-27(22,23)24/h8,10,12,18H,4-7H2,1-3H3,(H,22,23,24)/t8-,10-,12-/m1/s1. The molecule has 2 N–H and O–H groups in total. The van der Waals surface area contributed by atoms with Gasteiger partial charge in [0, 0.05) is 37.1 Å². The lowest BCUT2D eigenvalue weighted by Gasteiger charge is -2.44. The van der Waals surface area contributed by atoms with Crippen LogP contribution in [0.3, 0.4) is 0 Å². The molecule has 1 saturated heterocycles. The maximum Gasteiger partial charge on any atom is 0.449 e.